The van der Waals surface area contributed by atoms with Gasteiger partial charge in [-0.3, -0.25) is 14.8 Å². The topological polar surface area (TPSA) is 78.4 Å². The number of benzene rings is 1. The number of nitrogens with one attached hydrogen (secondary N) is 3. The molecule has 2 aromatic rings. The lowest BCUT2D eigenvalue weighted by Gasteiger charge is -2.19. The summed E-state index contributed by atoms with van der Waals surface area (Å²) in [5, 5.41) is 10.2. The van der Waals surface area contributed by atoms with E-state index >= 15 is 0 Å². The summed E-state index contributed by atoms with van der Waals surface area (Å²) < 4.78 is 0. The normalized spacial score (nSPS) is 14.6. The van der Waals surface area contributed by atoms with Gasteiger partial charge in [0, 0.05) is 49.5 Å². The molecule has 3 rings (SSSR count). The molecule has 0 aliphatic heterocycles. The third-order valence-electron chi connectivity index (χ3n) is 4.74. The molecule has 8 heteroatoms. The molecule has 1 amide bonds. The standard InChI is InChI=1S/C20H24ClN5O.HI/c1-22-19(25-11-10-24-18(27)15-4-3-9-23-13-15)26-14-20(7-8-20)16-5-2-6-17(21)12-16;/h2-6,9,12-13H,7-8,10-11,14H2,1H3,(H,24,27)(H2,22,25,26);1H. The second kappa shape index (κ2) is 10.6. The van der Waals surface area contributed by atoms with Crippen molar-refractivity contribution in [2.75, 3.05) is 26.7 Å². The second-order valence-electron chi connectivity index (χ2n) is 6.64. The van der Waals surface area contributed by atoms with Crippen molar-refractivity contribution in [1.82, 2.24) is 20.9 Å². The molecule has 0 saturated heterocycles. The molecule has 3 N–H and O–H groups in total. The van der Waals surface area contributed by atoms with Crippen molar-refractivity contribution in [3.8, 4) is 0 Å². The average Bonchev–Trinajstić information content (AvgIpc) is 3.49. The highest BCUT2D eigenvalue weighted by Gasteiger charge is 2.44. The van der Waals surface area contributed by atoms with Crippen LogP contribution in [-0.2, 0) is 5.41 Å². The zero-order valence-electron chi connectivity index (χ0n) is 15.7. The van der Waals surface area contributed by atoms with Gasteiger partial charge in [-0.05, 0) is 42.7 Å². The fourth-order valence-electron chi connectivity index (χ4n) is 2.97. The Bertz CT molecular complexity index is 811. The Balaban J connectivity index is 0.00000280. The molecule has 1 aromatic heterocycles. The van der Waals surface area contributed by atoms with Crippen LogP contribution in [0.1, 0.15) is 28.8 Å². The molecule has 1 heterocycles. The smallest absolute Gasteiger partial charge is 0.252 e. The molecule has 1 aliphatic rings. The van der Waals surface area contributed by atoms with Gasteiger partial charge in [-0.1, -0.05) is 23.7 Å². The predicted octanol–water partition coefficient (Wildman–Crippen LogP) is 2.98. The van der Waals surface area contributed by atoms with Crippen LogP contribution in [0.4, 0.5) is 0 Å². The van der Waals surface area contributed by atoms with E-state index in [2.05, 4.69) is 32.0 Å². The van der Waals surface area contributed by atoms with Crippen LogP contribution in [0.2, 0.25) is 5.02 Å². The Hall–Kier alpha value is -1.87. The minimum Gasteiger partial charge on any atom is -0.356 e. The van der Waals surface area contributed by atoms with E-state index in [0.717, 1.165) is 30.4 Å². The van der Waals surface area contributed by atoms with E-state index in [1.54, 1.807) is 31.6 Å². The highest BCUT2D eigenvalue weighted by atomic mass is 127. The molecule has 1 aliphatic carbocycles. The minimum atomic E-state index is -0.134. The van der Waals surface area contributed by atoms with Crippen molar-refractivity contribution in [1.29, 1.82) is 0 Å². The monoisotopic (exact) mass is 513 g/mol. The van der Waals surface area contributed by atoms with E-state index in [4.69, 9.17) is 11.6 Å². The minimum absolute atomic E-state index is 0. The van der Waals surface area contributed by atoms with Crippen molar-refractivity contribution in [2.24, 2.45) is 4.99 Å². The fourth-order valence-corrected chi connectivity index (χ4v) is 3.16. The molecule has 1 saturated carbocycles. The van der Waals surface area contributed by atoms with E-state index in [-0.39, 0.29) is 35.3 Å². The van der Waals surface area contributed by atoms with Crippen molar-refractivity contribution >= 4 is 47.4 Å². The maximum Gasteiger partial charge on any atom is 0.252 e. The molecule has 6 nitrogen and oxygen atoms in total. The van der Waals surface area contributed by atoms with Crippen LogP contribution >= 0.6 is 35.6 Å². The van der Waals surface area contributed by atoms with E-state index in [1.807, 2.05) is 18.2 Å². The number of pyridine rings is 1. The lowest BCUT2D eigenvalue weighted by Crippen LogP contribution is -2.44. The van der Waals surface area contributed by atoms with Crippen LogP contribution in [0.25, 0.3) is 0 Å². The van der Waals surface area contributed by atoms with Gasteiger partial charge in [0.25, 0.3) is 5.91 Å². The van der Waals surface area contributed by atoms with Gasteiger partial charge >= 0.3 is 0 Å². The zero-order valence-corrected chi connectivity index (χ0v) is 18.8. The number of halogens is 2. The first-order valence-corrected chi connectivity index (χ1v) is 9.39. The van der Waals surface area contributed by atoms with Crippen LogP contribution in [0, 0.1) is 0 Å². The third kappa shape index (κ3) is 6.07. The van der Waals surface area contributed by atoms with Crippen molar-refractivity contribution in [2.45, 2.75) is 18.3 Å². The number of carbonyl (C=O) groups is 1. The van der Waals surface area contributed by atoms with E-state index in [9.17, 15) is 4.79 Å². The Morgan fingerprint density at radius 3 is 2.61 bits per heavy atom. The summed E-state index contributed by atoms with van der Waals surface area (Å²) in [4.78, 5) is 20.2. The molecule has 0 bridgehead atoms. The largest absolute Gasteiger partial charge is 0.356 e. The molecule has 28 heavy (non-hydrogen) atoms. The fraction of sp³-hybridized carbons (Fsp3) is 0.350. The van der Waals surface area contributed by atoms with E-state index in [1.165, 1.54) is 5.56 Å². The molecule has 0 spiro atoms. The predicted molar refractivity (Wildman–Crippen MR) is 124 cm³/mol. The maximum absolute atomic E-state index is 12.0. The summed E-state index contributed by atoms with van der Waals surface area (Å²) in [6.07, 6.45) is 5.47. The van der Waals surface area contributed by atoms with Gasteiger partial charge < -0.3 is 16.0 Å². The van der Waals surface area contributed by atoms with E-state index in [0.29, 0.717) is 18.7 Å². The summed E-state index contributed by atoms with van der Waals surface area (Å²) in [5.74, 6) is 0.588. The van der Waals surface area contributed by atoms with Gasteiger partial charge in [-0.2, -0.15) is 0 Å². The highest BCUT2D eigenvalue weighted by molar-refractivity contribution is 14.0. The van der Waals surface area contributed by atoms with Gasteiger partial charge in [0.2, 0.25) is 0 Å². The quantitative estimate of drug-likeness (QED) is 0.230. The third-order valence-corrected chi connectivity index (χ3v) is 4.97. The Kier molecular flexibility index (Phi) is 8.50. The lowest BCUT2D eigenvalue weighted by molar-refractivity contribution is 0.0954. The average molecular weight is 514 g/mol. The first-order chi connectivity index (χ1) is 13.1. The Morgan fingerprint density at radius 2 is 1.96 bits per heavy atom. The molecule has 0 radical (unpaired) electrons. The summed E-state index contributed by atoms with van der Waals surface area (Å²) >= 11 is 6.13. The molecule has 150 valence electrons. The SMILES string of the molecule is CN=C(NCCNC(=O)c1cccnc1)NCC1(c2cccc(Cl)c2)CC1.I. The van der Waals surface area contributed by atoms with Gasteiger partial charge in [0.05, 0.1) is 5.56 Å². The first kappa shape index (κ1) is 22.4. The van der Waals surface area contributed by atoms with Crippen molar-refractivity contribution in [3.63, 3.8) is 0 Å². The van der Waals surface area contributed by atoms with Crippen molar-refractivity contribution in [3.05, 3.63) is 64.9 Å². The molecule has 0 atom stereocenters. The van der Waals surface area contributed by atoms with E-state index < -0.39 is 0 Å². The maximum atomic E-state index is 12.0. The number of aromatic nitrogens is 1. The number of nitrogens with zero attached hydrogens (tertiary/aromatic N) is 2. The lowest BCUT2D eigenvalue weighted by atomic mass is 9.96. The zero-order chi connectivity index (χ0) is 19.1. The number of hydrogen-bond acceptors (Lipinski definition) is 3. The summed E-state index contributed by atoms with van der Waals surface area (Å²) in [6.45, 7) is 1.87. The molecule has 1 fully saturated rings. The number of amides is 1. The summed E-state index contributed by atoms with van der Waals surface area (Å²) in [6, 6.07) is 11.5. The Labute approximate surface area is 187 Å². The molecular weight excluding hydrogens is 489 g/mol. The van der Waals surface area contributed by atoms with Crippen LogP contribution in [0.15, 0.2) is 53.8 Å². The molecular formula is C20H25ClIN5O. The van der Waals surface area contributed by atoms with Gasteiger partial charge in [0.15, 0.2) is 5.96 Å². The highest BCUT2D eigenvalue weighted by Crippen LogP contribution is 2.48. The molecule has 1 aromatic carbocycles. The van der Waals surface area contributed by atoms with Crippen LogP contribution in [-0.4, -0.2) is 43.5 Å². The second-order valence-corrected chi connectivity index (χ2v) is 7.08. The van der Waals surface area contributed by atoms with Gasteiger partial charge in [-0.15, -0.1) is 24.0 Å². The number of hydrogen-bond donors (Lipinski definition) is 3. The van der Waals surface area contributed by atoms with Crippen LogP contribution in [0.3, 0.4) is 0 Å². The molecule has 0 unspecified atom stereocenters. The number of carbonyl (C=O) groups excluding carboxylic acids is 1. The number of rotatable bonds is 7. The number of guanidine groups is 1. The van der Waals surface area contributed by atoms with Gasteiger partial charge in [0.1, 0.15) is 0 Å². The first-order valence-electron chi connectivity index (χ1n) is 9.02. The van der Waals surface area contributed by atoms with Gasteiger partial charge in [-0.25, -0.2) is 0 Å². The van der Waals surface area contributed by atoms with Crippen LogP contribution < -0.4 is 16.0 Å². The van der Waals surface area contributed by atoms with Crippen molar-refractivity contribution < 1.29 is 4.79 Å². The number of aliphatic imine (C=N–C) groups is 1. The summed E-state index contributed by atoms with van der Waals surface area (Å²) in [5.41, 5.74) is 1.95. The summed E-state index contributed by atoms with van der Waals surface area (Å²) in [7, 11) is 1.74. The van der Waals surface area contributed by atoms with Crippen LogP contribution in [0.5, 0.6) is 0 Å². The Morgan fingerprint density at radius 1 is 1.18 bits per heavy atom.